The third-order valence-electron chi connectivity index (χ3n) is 5.96. The molecule has 1 aromatic rings. The molecule has 0 amide bonds. The number of nitrogens with one attached hydrogen (secondary N) is 1. The van der Waals surface area contributed by atoms with Crippen molar-refractivity contribution in [1.82, 2.24) is 10.2 Å². The SMILES string of the molecule is CN=C(NCC1(c2ccccc2)CC1)N1CCC2(CCOC2)C1. The van der Waals surface area contributed by atoms with Gasteiger partial charge in [-0.25, -0.2) is 0 Å². The lowest BCUT2D eigenvalue weighted by atomic mass is 9.87. The number of rotatable bonds is 3. The molecule has 4 heteroatoms. The molecule has 1 aromatic carbocycles. The zero-order valence-electron chi connectivity index (χ0n) is 14.1. The van der Waals surface area contributed by atoms with Crippen LogP contribution in [0.4, 0.5) is 0 Å². The van der Waals surface area contributed by atoms with Gasteiger partial charge in [-0.1, -0.05) is 30.3 Å². The van der Waals surface area contributed by atoms with Gasteiger partial charge in [-0.3, -0.25) is 4.99 Å². The van der Waals surface area contributed by atoms with E-state index in [2.05, 4.69) is 45.5 Å². The van der Waals surface area contributed by atoms with Gasteiger partial charge in [0.2, 0.25) is 0 Å². The Hall–Kier alpha value is -1.55. The van der Waals surface area contributed by atoms with Crippen LogP contribution in [0.1, 0.15) is 31.2 Å². The Morgan fingerprint density at radius 2 is 2.04 bits per heavy atom. The summed E-state index contributed by atoms with van der Waals surface area (Å²) in [6.45, 7) is 5.03. The molecule has 0 aromatic heterocycles. The topological polar surface area (TPSA) is 36.9 Å². The average molecular weight is 313 g/mol. The Balaban J connectivity index is 1.38. The second-order valence-corrected chi connectivity index (χ2v) is 7.52. The maximum Gasteiger partial charge on any atom is 0.193 e. The minimum Gasteiger partial charge on any atom is -0.381 e. The molecule has 23 heavy (non-hydrogen) atoms. The molecule has 1 saturated carbocycles. The monoisotopic (exact) mass is 313 g/mol. The first kappa shape index (κ1) is 15.0. The molecular weight excluding hydrogens is 286 g/mol. The quantitative estimate of drug-likeness (QED) is 0.688. The van der Waals surface area contributed by atoms with E-state index in [1.54, 1.807) is 0 Å². The molecule has 0 radical (unpaired) electrons. The van der Waals surface area contributed by atoms with Gasteiger partial charge in [0.1, 0.15) is 0 Å². The molecule has 0 bridgehead atoms. The molecule has 2 aliphatic heterocycles. The second kappa shape index (κ2) is 5.82. The Labute approximate surface area is 138 Å². The summed E-state index contributed by atoms with van der Waals surface area (Å²) in [6.07, 6.45) is 4.99. The molecule has 1 N–H and O–H groups in total. The fourth-order valence-electron chi connectivity index (χ4n) is 4.18. The summed E-state index contributed by atoms with van der Waals surface area (Å²) in [7, 11) is 1.90. The summed E-state index contributed by atoms with van der Waals surface area (Å²) >= 11 is 0. The molecule has 4 nitrogen and oxygen atoms in total. The summed E-state index contributed by atoms with van der Waals surface area (Å²) in [6, 6.07) is 10.9. The van der Waals surface area contributed by atoms with Crippen LogP contribution in [0.5, 0.6) is 0 Å². The summed E-state index contributed by atoms with van der Waals surface area (Å²) in [5, 5.41) is 3.65. The zero-order chi connectivity index (χ0) is 15.8. The Kier molecular flexibility index (Phi) is 3.80. The number of likely N-dealkylation sites (tertiary alicyclic amines) is 1. The molecule has 1 aliphatic carbocycles. The van der Waals surface area contributed by atoms with Crippen molar-refractivity contribution in [2.75, 3.05) is 39.9 Å². The van der Waals surface area contributed by atoms with Crippen molar-refractivity contribution in [2.24, 2.45) is 10.4 Å². The van der Waals surface area contributed by atoms with Gasteiger partial charge in [0.15, 0.2) is 5.96 Å². The zero-order valence-corrected chi connectivity index (χ0v) is 14.1. The molecule has 3 aliphatic rings. The maximum atomic E-state index is 5.64. The fraction of sp³-hybridized carbons (Fsp3) is 0.632. The van der Waals surface area contributed by atoms with Gasteiger partial charge < -0.3 is 15.0 Å². The van der Waals surface area contributed by atoms with Crippen molar-refractivity contribution in [3.63, 3.8) is 0 Å². The molecule has 2 saturated heterocycles. The van der Waals surface area contributed by atoms with Crippen LogP contribution < -0.4 is 5.32 Å². The van der Waals surface area contributed by atoms with E-state index in [0.29, 0.717) is 10.8 Å². The van der Waals surface area contributed by atoms with E-state index in [1.807, 2.05) is 7.05 Å². The number of guanidine groups is 1. The molecule has 2 heterocycles. The van der Waals surface area contributed by atoms with Gasteiger partial charge in [-0.05, 0) is 31.2 Å². The molecule has 1 atom stereocenters. The number of hydrogen-bond donors (Lipinski definition) is 1. The summed E-state index contributed by atoms with van der Waals surface area (Å²) in [5.74, 6) is 1.07. The third-order valence-corrected chi connectivity index (χ3v) is 5.96. The van der Waals surface area contributed by atoms with Crippen LogP contribution in [-0.2, 0) is 10.2 Å². The highest BCUT2D eigenvalue weighted by atomic mass is 16.5. The first-order valence-electron chi connectivity index (χ1n) is 8.84. The van der Waals surface area contributed by atoms with E-state index in [9.17, 15) is 0 Å². The highest BCUT2D eigenvalue weighted by molar-refractivity contribution is 5.80. The van der Waals surface area contributed by atoms with E-state index < -0.39 is 0 Å². The smallest absolute Gasteiger partial charge is 0.193 e. The Bertz CT molecular complexity index is 574. The van der Waals surface area contributed by atoms with Gasteiger partial charge in [-0.15, -0.1) is 0 Å². The van der Waals surface area contributed by atoms with Gasteiger partial charge in [0.05, 0.1) is 6.61 Å². The second-order valence-electron chi connectivity index (χ2n) is 7.52. The lowest BCUT2D eigenvalue weighted by molar-refractivity contribution is 0.156. The van der Waals surface area contributed by atoms with E-state index in [4.69, 9.17) is 4.74 Å². The van der Waals surface area contributed by atoms with Crippen molar-refractivity contribution in [1.29, 1.82) is 0 Å². The minimum absolute atomic E-state index is 0.324. The standard InChI is InChI=1S/C19H27N3O/c1-20-17(22-11-9-18(14-22)10-12-23-15-18)21-13-19(7-8-19)16-5-3-2-4-6-16/h2-6H,7-15H2,1H3,(H,20,21). The van der Waals surface area contributed by atoms with Crippen molar-refractivity contribution in [3.8, 4) is 0 Å². The average Bonchev–Trinajstić information content (AvgIpc) is 3.07. The van der Waals surface area contributed by atoms with Crippen molar-refractivity contribution < 1.29 is 4.74 Å². The van der Waals surface area contributed by atoms with Crippen LogP contribution in [0.3, 0.4) is 0 Å². The number of benzene rings is 1. The summed E-state index contributed by atoms with van der Waals surface area (Å²) < 4.78 is 5.64. The van der Waals surface area contributed by atoms with E-state index in [-0.39, 0.29) is 0 Å². The molecule has 4 rings (SSSR count). The number of nitrogens with zero attached hydrogens (tertiary/aromatic N) is 2. The summed E-state index contributed by atoms with van der Waals surface area (Å²) in [4.78, 5) is 6.97. The van der Waals surface area contributed by atoms with Crippen LogP contribution in [0.2, 0.25) is 0 Å². The van der Waals surface area contributed by atoms with Crippen LogP contribution >= 0.6 is 0 Å². The van der Waals surface area contributed by atoms with Gasteiger partial charge in [0.25, 0.3) is 0 Å². The van der Waals surface area contributed by atoms with Crippen molar-refractivity contribution >= 4 is 5.96 Å². The van der Waals surface area contributed by atoms with E-state index >= 15 is 0 Å². The van der Waals surface area contributed by atoms with Crippen LogP contribution in [-0.4, -0.2) is 50.8 Å². The highest BCUT2D eigenvalue weighted by Crippen LogP contribution is 2.47. The minimum atomic E-state index is 0.324. The first-order valence-corrected chi connectivity index (χ1v) is 8.84. The van der Waals surface area contributed by atoms with Gasteiger partial charge >= 0.3 is 0 Å². The highest BCUT2D eigenvalue weighted by Gasteiger charge is 2.45. The normalized spacial score (nSPS) is 29.3. The largest absolute Gasteiger partial charge is 0.381 e. The van der Waals surface area contributed by atoms with Gasteiger partial charge in [-0.2, -0.15) is 0 Å². The van der Waals surface area contributed by atoms with E-state index in [1.165, 1.54) is 31.2 Å². The molecular formula is C19H27N3O. The molecule has 124 valence electrons. The molecule has 1 unspecified atom stereocenters. The van der Waals surface area contributed by atoms with Crippen LogP contribution in [0, 0.1) is 5.41 Å². The number of ether oxygens (including phenoxy) is 1. The number of hydrogen-bond acceptors (Lipinski definition) is 2. The predicted molar refractivity (Wildman–Crippen MR) is 92.8 cm³/mol. The molecule has 3 fully saturated rings. The van der Waals surface area contributed by atoms with Crippen molar-refractivity contribution in [2.45, 2.75) is 31.1 Å². The number of aliphatic imine (C=N–C) groups is 1. The Morgan fingerprint density at radius 3 is 2.70 bits per heavy atom. The van der Waals surface area contributed by atoms with Crippen molar-refractivity contribution in [3.05, 3.63) is 35.9 Å². The van der Waals surface area contributed by atoms with E-state index in [0.717, 1.165) is 38.8 Å². The van der Waals surface area contributed by atoms with Gasteiger partial charge in [0, 0.05) is 44.1 Å². The Morgan fingerprint density at radius 1 is 1.22 bits per heavy atom. The maximum absolute atomic E-state index is 5.64. The third kappa shape index (κ3) is 2.85. The van der Waals surface area contributed by atoms with Crippen LogP contribution in [0.15, 0.2) is 35.3 Å². The molecule has 1 spiro atoms. The first-order chi connectivity index (χ1) is 11.3. The fourth-order valence-corrected chi connectivity index (χ4v) is 4.18. The lowest BCUT2D eigenvalue weighted by Gasteiger charge is -2.26. The summed E-state index contributed by atoms with van der Waals surface area (Å²) in [5.41, 5.74) is 2.17. The van der Waals surface area contributed by atoms with Crippen LogP contribution in [0.25, 0.3) is 0 Å². The lowest BCUT2D eigenvalue weighted by Crippen LogP contribution is -2.44. The predicted octanol–water partition coefficient (Wildman–Crippen LogP) is 2.41.